The molecular formula is C13H12N2O3. The molecule has 5 heteroatoms. The zero-order chi connectivity index (χ0) is 13.1. The molecule has 92 valence electrons. The fourth-order valence-electron chi connectivity index (χ4n) is 1.49. The summed E-state index contributed by atoms with van der Waals surface area (Å²) in [4.78, 5) is 13.9. The molecule has 0 unspecified atom stereocenters. The lowest BCUT2D eigenvalue weighted by Gasteiger charge is -2.09. The summed E-state index contributed by atoms with van der Waals surface area (Å²) < 4.78 is 5.59. The van der Waals surface area contributed by atoms with Gasteiger partial charge in [-0.2, -0.15) is 0 Å². The van der Waals surface area contributed by atoms with Crippen LogP contribution in [0.3, 0.4) is 0 Å². The van der Waals surface area contributed by atoms with Crippen LogP contribution in [0.1, 0.15) is 11.1 Å². The van der Waals surface area contributed by atoms with Crippen molar-refractivity contribution in [3.8, 4) is 11.6 Å². The Bertz CT molecular complexity index is 579. The highest BCUT2D eigenvalue weighted by Gasteiger charge is 2.08. The first kappa shape index (κ1) is 12.0. The third kappa shape index (κ3) is 2.45. The first-order valence-corrected chi connectivity index (χ1v) is 5.42. The van der Waals surface area contributed by atoms with Crippen LogP contribution >= 0.6 is 0 Å². The Morgan fingerprint density at radius 3 is 2.61 bits per heavy atom. The number of hydrogen-bond donors (Lipinski definition) is 0. The van der Waals surface area contributed by atoms with Crippen LogP contribution in [-0.4, -0.2) is 9.91 Å². The summed E-state index contributed by atoms with van der Waals surface area (Å²) in [6.07, 6.45) is 1.18. The van der Waals surface area contributed by atoms with Crippen LogP contribution in [0, 0.1) is 24.0 Å². The molecule has 1 heterocycles. The molecule has 0 N–H and O–H groups in total. The maximum Gasteiger partial charge on any atom is 0.287 e. The number of ether oxygens (including phenoxy) is 1. The van der Waals surface area contributed by atoms with E-state index in [9.17, 15) is 10.1 Å². The molecule has 0 saturated carbocycles. The topological polar surface area (TPSA) is 65.3 Å². The van der Waals surface area contributed by atoms with Crippen molar-refractivity contribution >= 4 is 5.69 Å². The molecule has 0 atom stereocenters. The second-order valence-corrected chi connectivity index (χ2v) is 3.91. The molecule has 0 aliphatic carbocycles. The molecule has 1 aromatic heterocycles. The zero-order valence-electron chi connectivity index (χ0n) is 10.1. The summed E-state index contributed by atoms with van der Waals surface area (Å²) in [7, 11) is 0. The Kier molecular flexibility index (Phi) is 3.23. The van der Waals surface area contributed by atoms with E-state index in [1.165, 1.54) is 18.3 Å². The number of aromatic nitrogens is 1. The van der Waals surface area contributed by atoms with E-state index in [2.05, 4.69) is 4.98 Å². The molecule has 0 fully saturated rings. The van der Waals surface area contributed by atoms with Gasteiger partial charge < -0.3 is 4.74 Å². The summed E-state index contributed by atoms with van der Waals surface area (Å²) in [5.41, 5.74) is 2.09. The highest BCUT2D eigenvalue weighted by Crippen LogP contribution is 2.26. The number of hydrogen-bond acceptors (Lipinski definition) is 4. The zero-order valence-corrected chi connectivity index (χ0v) is 10.1. The average molecular weight is 244 g/mol. The molecule has 0 spiro atoms. The van der Waals surface area contributed by atoms with E-state index < -0.39 is 4.92 Å². The molecular weight excluding hydrogens is 232 g/mol. The van der Waals surface area contributed by atoms with Crippen molar-refractivity contribution in [2.24, 2.45) is 0 Å². The Morgan fingerprint density at radius 2 is 2.00 bits per heavy atom. The standard InChI is InChI=1S/C13H12N2O3/c1-9-4-3-5-12(10(9)2)18-13-7-6-11(8-14-13)15(16)17/h3-8H,1-2H3. The van der Waals surface area contributed by atoms with Crippen molar-refractivity contribution in [3.05, 3.63) is 57.8 Å². The van der Waals surface area contributed by atoms with Crippen LogP contribution in [0.25, 0.3) is 0 Å². The lowest BCUT2D eigenvalue weighted by Crippen LogP contribution is -1.93. The Hall–Kier alpha value is -2.43. The van der Waals surface area contributed by atoms with Gasteiger partial charge in [0.25, 0.3) is 5.69 Å². The van der Waals surface area contributed by atoms with Gasteiger partial charge >= 0.3 is 0 Å². The second-order valence-electron chi connectivity index (χ2n) is 3.91. The van der Waals surface area contributed by atoms with Gasteiger partial charge in [0.2, 0.25) is 5.88 Å². The third-order valence-corrected chi connectivity index (χ3v) is 2.70. The van der Waals surface area contributed by atoms with Gasteiger partial charge in [0.15, 0.2) is 0 Å². The van der Waals surface area contributed by atoms with Crippen LogP contribution in [0.2, 0.25) is 0 Å². The van der Waals surface area contributed by atoms with E-state index in [1.54, 1.807) is 0 Å². The van der Waals surface area contributed by atoms with E-state index in [0.717, 1.165) is 11.1 Å². The third-order valence-electron chi connectivity index (χ3n) is 2.70. The van der Waals surface area contributed by atoms with Crippen LogP contribution in [0.5, 0.6) is 11.6 Å². The Labute approximate surface area is 104 Å². The summed E-state index contributed by atoms with van der Waals surface area (Å²) >= 11 is 0. The molecule has 2 rings (SSSR count). The van der Waals surface area contributed by atoms with Gasteiger partial charge in [-0.05, 0) is 31.0 Å². The van der Waals surface area contributed by atoms with Crippen LogP contribution < -0.4 is 4.74 Å². The Balaban J connectivity index is 2.24. The van der Waals surface area contributed by atoms with Crippen LogP contribution in [0.4, 0.5) is 5.69 Å². The maximum atomic E-state index is 10.5. The predicted molar refractivity (Wildman–Crippen MR) is 66.9 cm³/mol. The minimum atomic E-state index is -0.491. The van der Waals surface area contributed by atoms with E-state index in [1.807, 2.05) is 32.0 Å². The van der Waals surface area contributed by atoms with Gasteiger partial charge in [-0.25, -0.2) is 4.98 Å². The molecule has 0 aliphatic rings. The molecule has 0 saturated heterocycles. The van der Waals surface area contributed by atoms with Crippen LogP contribution in [0.15, 0.2) is 36.5 Å². The molecule has 0 amide bonds. The van der Waals surface area contributed by atoms with Crippen molar-refractivity contribution in [1.29, 1.82) is 0 Å². The molecule has 1 aromatic carbocycles. The van der Waals surface area contributed by atoms with Crippen molar-refractivity contribution in [2.45, 2.75) is 13.8 Å². The van der Waals surface area contributed by atoms with Crippen molar-refractivity contribution in [1.82, 2.24) is 4.98 Å². The smallest absolute Gasteiger partial charge is 0.287 e. The number of nitro groups is 1. The summed E-state index contributed by atoms with van der Waals surface area (Å²) in [5.74, 6) is 1.05. The van der Waals surface area contributed by atoms with Gasteiger partial charge in [-0.1, -0.05) is 12.1 Å². The van der Waals surface area contributed by atoms with Gasteiger partial charge in [-0.15, -0.1) is 0 Å². The number of benzene rings is 1. The molecule has 2 aromatic rings. The largest absolute Gasteiger partial charge is 0.439 e. The summed E-state index contributed by atoms with van der Waals surface area (Å²) in [6.45, 7) is 3.95. The van der Waals surface area contributed by atoms with Gasteiger partial charge in [0.1, 0.15) is 11.9 Å². The minimum absolute atomic E-state index is 0.0525. The molecule has 18 heavy (non-hydrogen) atoms. The monoisotopic (exact) mass is 244 g/mol. The number of aryl methyl sites for hydroxylation is 1. The Morgan fingerprint density at radius 1 is 1.22 bits per heavy atom. The van der Waals surface area contributed by atoms with Gasteiger partial charge in [0.05, 0.1) is 4.92 Å². The van der Waals surface area contributed by atoms with Gasteiger partial charge in [-0.3, -0.25) is 10.1 Å². The second kappa shape index (κ2) is 4.83. The normalized spacial score (nSPS) is 10.1. The molecule has 0 radical (unpaired) electrons. The van der Waals surface area contributed by atoms with E-state index >= 15 is 0 Å². The van der Waals surface area contributed by atoms with Crippen LogP contribution in [-0.2, 0) is 0 Å². The number of nitrogens with zero attached hydrogens (tertiary/aromatic N) is 2. The fraction of sp³-hybridized carbons (Fsp3) is 0.154. The average Bonchev–Trinajstić information content (AvgIpc) is 2.36. The minimum Gasteiger partial charge on any atom is -0.439 e. The first-order valence-electron chi connectivity index (χ1n) is 5.42. The lowest BCUT2D eigenvalue weighted by molar-refractivity contribution is -0.385. The van der Waals surface area contributed by atoms with Crippen molar-refractivity contribution in [3.63, 3.8) is 0 Å². The van der Waals surface area contributed by atoms with Gasteiger partial charge in [0, 0.05) is 12.1 Å². The van der Waals surface area contributed by atoms with E-state index in [0.29, 0.717) is 11.6 Å². The summed E-state index contributed by atoms with van der Waals surface area (Å²) in [5, 5.41) is 10.5. The highest BCUT2D eigenvalue weighted by atomic mass is 16.6. The van der Waals surface area contributed by atoms with E-state index in [-0.39, 0.29) is 5.69 Å². The lowest BCUT2D eigenvalue weighted by atomic mass is 10.1. The van der Waals surface area contributed by atoms with Crippen molar-refractivity contribution < 1.29 is 9.66 Å². The fourth-order valence-corrected chi connectivity index (χ4v) is 1.49. The molecule has 5 nitrogen and oxygen atoms in total. The molecule has 0 bridgehead atoms. The number of pyridine rings is 1. The SMILES string of the molecule is Cc1cccc(Oc2ccc([N+](=O)[O-])cn2)c1C. The molecule has 0 aliphatic heterocycles. The highest BCUT2D eigenvalue weighted by molar-refractivity contribution is 5.40. The number of rotatable bonds is 3. The van der Waals surface area contributed by atoms with Crippen molar-refractivity contribution in [2.75, 3.05) is 0 Å². The summed E-state index contributed by atoms with van der Waals surface area (Å²) in [6, 6.07) is 8.58. The van der Waals surface area contributed by atoms with E-state index in [4.69, 9.17) is 4.74 Å². The first-order chi connectivity index (χ1) is 8.58. The maximum absolute atomic E-state index is 10.5. The predicted octanol–water partition coefficient (Wildman–Crippen LogP) is 3.40. The quantitative estimate of drug-likeness (QED) is 0.613.